The van der Waals surface area contributed by atoms with Gasteiger partial charge in [-0.25, -0.2) is 0 Å². The van der Waals surface area contributed by atoms with E-state index in [-0.39, 0.29) is 18.3 Å². The third-order valence-corrected chi connectivity index (χ3v) is 2.37. The summed E-state index contributed by atoms with van der Waals surface area (Å²) < 4.78 is 9.33. The summed E-state index contributed by atoms with van der Waals surface area (Å²) in [6.07, 6.45) is 2.46. The van der Waals surface area contributed by atoms with E-state index in [0.717, 1.165) is 6.42 Å². The van der Waals surface area contributed by atoms with Crippen molar-refractivity contribution in [1.29, 1.82) is 0 Å². The number of hydrogen-bond donors (Lipinski definition) is 0. The molecule has 1 unspecified atom stereocenters. The molecule has 0 aliphatic carbocycles. The summed E-state index contributed by atoms with van der Waals surface area (Å²) in [5.74, 6) is -1.48. The molecule has 1 aliphatic heterocycles. The van der Waals surface area contributed by atoms with E-state index in [1.54, 1.807) is 0 Å². The Bertz CT molecular complexity index is 284. The SMILES string of the molecule is CCCC(=O)OCCCC1CC(=O)OC1=O. The second-order valence-corrected chi connectivity index (χ2v) is 3.81. The van der Waals surface area contributed by atoms with Crippen molar-refractivity contribution < 1.29 is 23.9 Å². The van der Waals surface area contributed by atoms with Crippen LogP contribution in [0.2, 0.25) is 0 Å². The summed E-state index contributed by atoms with van der Waals surface area (Å²) in [4.78, 5) is 32.8. The average molecular weight is 228 g/mol. The highest BCUT2D eigenvalue weighted by molar-refractivity contribution is 5.94. The summed E-state index contributed by atoms with van der Waals surface area (Å²) in [5, 5.41) is 0. The van der Waals surface area contributed by atoms with Gasteiger partial charge in [-0.3, -0.25) is 14.4 Å². The Labute approximate surface area is 94.1 Å². The third kappa shape index (κ3) is 4.00. The van der Waals surface area contributed by atoms with Crippen LogP contribution < -0.4 is 0 Å². The van der Waals surface area contributed by atoms with E-state index in [1.165, 1.54) is 0 Å². The molecule has 1 saturated heterocycles. The van der Waals surface area contributed by atoms with Crippen molar-refractivity contribution in [2.45, 2.75) is 39.0 Å². The van der Waals surface area contributed by atoms with Crippen LogP contribution in [0.15, 0.2) is 0 Å². The predicted octanol–water partition coefficient (Wildman–Crippen LogP) is 1.20. The van der Waals surface area contributed by atoms with Gasteiger partial charge in [-0.1, -0.05) is 6.92 Å². The standard InChI is InChI=1S/C11H16O5/c1-2-4-9(12)15-6-3-5-8-7-10(13)16-11(8)14/h8H,2-7H2,1H3. The largest absolute Gasteiger partial charge is 0.466 e. The average Bonchev–Trinajstić information content (AvgIpc) is 2.53. The van der Waals surface area contributed by atoms with Gasteiger partial charge < -0.3 is 9.47 Å². The van der Waals surface area contributed by atoms with Crippen LogP contribution in [-0.4, -0.2) is 24.5 Å². The second kappa shape index (κ2) is 6.25. The molecule has 90 valence electrons. The maximum Gasteiger partial charge on any atom is 0.317 e. The Hall–Kier alpha value is -1.39. The summed E-state index contributed by atoms with van der Waals surface area (Å²) in [6.45, 7) is 2.21. The Balaban J connectivity index is 2.09. The van der Waals surface area contributed by atoms with Crippen LogP contribution >= 0.6 is 0 Å². The molecule has 0 aromatic heterocycles. The molecule has 1 aliphatic rings. The molecule has 0 spiro atoms. The smallest absolute Gasteiger partial charge is 0.317 e. The number of hydrogen-bond acceptors (Lipinski definition) is 5. The summed E-state index contributed by atoms with van der Waals surface area (Å²) >= 11 is 0. The minimum atomic E-state index is -0.460. The molecule has 0 N–H and O–H groups in total. The van der Waals surface area contributed by atoms with Crippen molar-refractivity contribution in [3.05, 3.63) is 0 Å². The number of cyclic esters (lactones) is 2. The van der Waals surface area contributed by atoms with Gasteiger partial charge in [-0.05, 0) is 19.3 Å². The highest BCUT2D eigenvalue weighted by Gasteiger charge is 2.32. The van der Waals surface area contributed by atoms with Crippen molar-refractivity contribution in [3.63, 3.8) is 0 Å². The van der Waals surface area contributed by atoms with Crippen LogP contribution in [0.4, 0.5) is 0 Å². The van der Waals surface area contributed by atoms with Gasteiger partial charge in [0.2, 0.25) is 0 Å². The van der Waals surface area contributed by atoms with E-state index >= 15 is 0 Å². The number of ether oxygens (including phenoxy) is 2. The molecule has 1 heterocycles. The molecule has 16 heavy (non-hydrogen) atoms. The molecule has 0 aromatic carbocycles. The molecule has 0 radical (unpaired) electrons. The molecule has 1 atom stereocenters. The zero-order chi connectivity index (χ0) is 12.0. The fourth-order valence-corrected chi connectivity index (χ4v) is 1.53. The van der Waals surface area contributed by atoms with Crippen molar-refractivity contribution >= 4 is 17.9 Å². The van der Waals surface area contributed by atoms with E-state index in [1.807, 2.05) is 6.92 Å². The van der Waals surface area contributed by atoms with Crippen LogP contribution in [0.3, 0.4) is 0 Å². The van der Waals surface area contributed by atoms with Crippen LogP contribution in [0.1, 0.15) is 39.0 Å². The van der Waals surface area contributed by atoms with Crippen LogP contribution in [0, 0.1) is 5.92 Å². The Morgan fingerprint density at radius 3 is 2.81 bits per heavy atom. The van der Waals surface area contributed by atoms with E-state index in [9.17, 15) is 14.4 Å². The fraction of sp³-hybridized carbons (Fsp3) is 0.727. The molecule has 0 saturated carbocycles. The van der Waals surface area contributed by atoms with Gasteiger partial charge in [0.25, 0.3) is 0 Å². The van der Waals surface area contributed by atoms with Gasteiger partial charge >= 0.3 is 17.9 Å². The first-order chi connectivity index (χ1) is 7.63. The first-order valence-electron chi connectivity index (χ1n) is 5.53. The normalized spacial score (nSPS) is 19.7. The molecule has 0 bridgehead atoms. The van der Waals surface area contributed by atoms with Gasteiger partial charge in [0.1, 0.15) is 0 Å². The topological polar surface area (TPSA) is 69.7 Å². The molecule has 1 fully saturated rings. The quantitative estimate of drug-likeness (QED) is 0.388. The number of carbonyl (C=O) groups excluding carboxylic acids is 3. The van der Waals surface area contributed by atoms with Crippen molar-refractivity contribution in [3.8, 4) is 0 Å². The number of carbonyl (C=O) groups is 3. The van der Waals surface area contributed by atoms with E-state index in [2.05, 4.69) is 4.74 Å². The fourth-order valence-electron chi connectivity index (χ4n) is 1.53. The maximum absolute atomic E-state index is 11.1. The Morgan fingerprint density at radius 2 is 2.25 bits per heavy atom. The van der Waals surface area contributed by atoms with Crippen LogP contribution in [0.25, 0.3) is 0 Å². The third-order valence-electron chi connectivity index (χ3n) is 2.37. The van der Waals surface area contributed by atoms with Crippen molar-refractivity contribution in [1.82, 2.24) is 0 Å². The first kappa shape index (κ1) is 12.7. The molecular weight excluding hydrogens is 212 g/mol. The van der Waals surface area contributed by atoms with Gasteiger partial charge in [-0.2, -0.15) is 0 Å². The predicted molar refractivity (Wildman–Crippen MR) is 54.3 cm³/mol. The Kier molecular flexibility index (Phi) is 4.95. The van der Waals surface area contributed by atoms with E-state index in [0.29, 0.717) is 25.9 Å². The van der Waals surface area contributed by atoms with Gasteiger partial charge in [-0.15, -0.1) is 0 Å². The highest BCUT2D eigenvalue weighted by Crippen LogP contribution is 2.20. The zero-order valence-corrected chi connectivity index (χ0v) is 9.36. The van der Waals surface area contributed by atoms with Crippen molar-refractivity contribution in [2.75, 3.05) is 6.61 Å². The molecule has 5 nitrogen and oxygen atoms in total. The lowest BCUT2D eigenvalue weighted by molar-refractivity contribution is -0.153. The monoisotopic (exact) mass is 228 g/mol. The number of rotatable bonds is 6. The lowest BCUT2D eigenvalue weighted by Gasteiger charge is -2.05. The van der Waals surface area contributed by atoms with Crippen molar-refractivity contribution in [2.24, 2.45) is 5.92 Å². The summed E-state index contributed by atoms with van der Waals surface area (Å²) in [5.41, 5.74) is 0. The molecule has 0 amide bonds. The number of esters is 3. The van der Waals surface area contributed by atoms with Gasteiger partial charge in [0.15, 0.2) is 0 Å². The minimum absolute atomic E-state index is 0.155. The van der Waals surface area contributed by atoms with E-state index in [4.69, 9.17) is 4.74 Å². The van der Waals surface area contributed by atoms with Crippen LogP contribution in [0.5, 0.6) is 0 Å². The minimum Gasteiger partial charge on any atom is -0.466 e. The molecule has 0 aromatic rings. The van der Waals surface area contributed by atoms with Gasteiger partial charge in [0, 0.05) is 6.42 Å². The lowest BCUT2D eigenvalue weighted by Crippen LogP contribution is -2.10. The maximum atomic E-state index is 11.1. The summed E-state index contributed by atoms with van der Waals surface area (Å²) in [7, 11) is 0. The first-order valence-corrected chi connectivity index (χ1v) is 5.53. The lowest BCUT2D eigenvalue weighted by atomic mass is 10.0. The molecule has 1 rings (SSSR count). The van der Waals surface area contributed by atoms with Gasteiger partial charge in [0.05, 0.1) is 18.9 Å². The van der Waals surface area contributed by atoms with E-state index < -0.39 is 11.9 Å². The Morgan fingerprint density at radius 1 is 1.50 bits per heavy atom. The zero-order valence-electron chi connectivity index (χ0n) is 9.36. The molecule has 5 heteroatoms. The highest BCUT2D eigenvalue weighted by atomic mass is 16.6. The second-order valence-electron chi connectivity index (χ2n) is 3.81. The van der Waals surface area contributed by atoms with Crippen LogP contribution in [-0.2, 0) is 23.9 Å². The molecular formula is C11H16O5. The summed E-state index contributed by atoms with van der Waals surface area (Å²) in [6, 6.07) is 0.